The molecule has 5 rings (SSSR count). The van der Waals surface area contributed by atoms with Crippen LogP contribution in [0.3, 0.4) is 0 Å². The fraction of sp³-hybridized carbons (Fsp3) is 0.407. The van der Waals surface area contributed by atoms with Gasteiger partial charge in [0.15, 0.2) is 0 Å². The highest BCUT2D eigenvalue weighted by Crippen LogP contribution is 2.18. The summed E-state index contributed by atoms with van der Waals surface area (Å²) in [5.41, 5.74) is 6.04. The summed E-state index contributed by atoms with van der Waals surface area (Å²) < 4.78 is 5.06. The monoisotopic (exact) mass is 857 g/mol. The Balaban J connectivity index is 0.000000427. The number of nitrogens with zero attached hydrogens (tertiary/aromatic N) is 5. The van der Waals surface area contributed by atoms with E-state index in [2.05, 4.69) is 108 Å². The fourth-order valence-corrected chi connectivity index (χ4v) is 4.92. The van der Waals surface area contributed by atoms with Gasteiger partial charge in [-0.25, -0.2) is 0 Å². The van der Waals surface area contributed by atoms with Crippen molar-refractivity contribution >= 4 is 112 Å². The lowest BCUT2D eigenvalue weighted by atomic mass is 10.3. The number of rotatable bonds is 0. The predicted octanol–water partition coefficient (Wildman–Crippen LogP) is 10.00. The van der Waals surface area contributed by atoms with Crippen LogP contribution >= 0.6 is 77.0 Å². The number of hydrogen-bond donors (Lipinski definition) is 0. The number of halogens is 4. The highest BCUT2D eigenvalue weighted by atomic mass is 127. The largest absolute Gasteiger partial charge is 0.304 e. The quantitative estimate of drug-likeness (QED) is 0.177. The summed E-state index contributed by atoms with van der Waals surface area (Å²) >= 11 is 11.2. The summed E-state index contributed by atoms with van der Waals surface area (Å²) in [4.78, 5) is 29.0. The maximum absolute atomic E-state index is 8.81. The Morgan fingerprint density at radius 2 is 1.00 bits per heavy atom. The standard InChI is InChI=1S/2C5H6BrN.2C5H6IN.C5H7N.C2H4O/c4*1-4-2-5(6)3-7-4;1-5-3-2-4-6-5;1-2-3/h4*3H,2H2,1H3;2,4H,3H2,1H3;2H,1H3. The minimum atomic E-state index is 0.750. The molecule has 10 heteroatoms. The zero-order valence-corrected chi connectivity index (χ0v) is 29.7. The average Bonchev–Trinajstić information content (AvgIpc) is 3.65. The first-order valence-electron chi connectivity index (χ1n) is 11.6. The molecule has 0 spiro atoms. The molecule has 0 saturated heterocycles. The molecular formula is C27H35Br2I2N5O. The molecule has 0 unspecified atom stereocenters. The van der Waals surface area contributed by atoms with Crippen LogP contribution in [0.2, 0.25) is 0 Å². The molecule has 0 saturated carbocycles. The number of hydrogen-bond acceptors (Lipinski definition) is 6. The Hall–Kier alpha value is -0.860. The first-order chi connectivity index (χ1) is 17.5. The third-order valence-electron chi connectivity index (χ3n) is 4.21. The minimum Gasteiger partial charge on any atom is -0.304 e. The van der Waals surface area contributed by atoms with Crippen molar-refractivity contribution < 1.29 is 4.79 Å². The summed E-state index contributed by atoms with van der Waals surface area (Å²) in [6.07, 6.45) is 17.3. The van der Waals surface area contributed by atoms with Crippen LogP contribution in [0.4, 0.5) is 0 Å². The molecular weight excluding hydrogens is 824 g/mol. The lowest BCUT2D eigenvalue weighted by Crippen LogP contribution is -1.80. The van der Waals surface area contributed by atoms with E-state index in [4.69, 9.17) is 4.79 Å². The molecule has 5 aliphatic rings. The van der Waals surface area contributed by atoms with Crippen molar-refractivity contribution in [3.63, 3.8) is 0 Å². The summed E-state index contributed by atoms with van der Waals surface area (Å²) in [5, 5.41) is 0. The normalized spacial score (nSPS) is 17.8. The Kier molecular flexibility index (Phi) is 21.5. The van der Waals surface area contributed by atoms with Crippen molar-refractivity contribution in [1.29, 1.82) is 0 Å². The van der Waals surface area contributed by atoms with Crippen LogP contribution in [0.1, 0.15) is 73.6 Å². The van der Waals surface area contributed by atoms with Crippen molar-refractivity contribution in [2.45, 2.75) is 73.6 Å². The summed E-state index contributed by atoms with van der Waals surface area (Å²) in [5.74, 6) is 0. The topological polar surface area (TPSA) is 78.9 Å². The smallest absolute Gasteiger partial charge is 0.116 e. The fourth-order valence-electron chi connectivity index (χ4n) is 2.52. The van der Waals surface area contributed by atoms with E-state index in [9.17, 15) is 0 Å². The Labute approximate surface area is 266 Å². The lowest BCUT2D eigenvalue weighted by Gasteiger charge is -1.82. The van der Waals surface area contributed by atoms with Crippen LogP contribution in [0, 0.1) is 0 Å². The maximum Gasteiger partial charge on any atom is 0.116 e. The van der Waals surface area contributed by atoms with Gasteiger partial charge in [0.2, 0.25) is 0 Å². The third kappa shape index (κ3) is 21.7. The SMILES string of the molecule is CC1=NC=C(Br)C1.CC1=NC=C(Br)C1.CC1=NC=C(I)C1.CC1=NC=C(I)C1.CC1=NC=CC1.CC=O. The van der Waals surface area contributed by atoms with Crippen LogP contribution in [0.25, 0.3) is 0 Å². The molecule has 0 fully saturated rings. The Morgan fingerprint density at radius 1 is 0.649 bits per heavy atom. The highest BCUT2D eigenvalue weighted by molar-refractivity contribution is 14.1. The van der Waals surface area contributed by atoms with E-state index in [0.717, 1.165) is 38.4 Å². The maximum atomic E-state index is 8.81. The number of carbonyl (C=O) groups excluding carboxylic acids is 1. The van der Waals surface area contributed by atoms with Gasteiger partial charge in [-0.15, -0.1) is 0 Å². The van der Waals surface area contributed by atoms with Gasteiger partial charge in [-0.05, 0) is 86.7 Å². The molecule has 5 aliphatic heterocycles. The zero-order valence-electron chi connectivity index (χ0n) is 22.2. The molecule has 0 amide bonds. The van der Waals surface area contributed by atoms with Gasteiger partial charge in [-0.3, -0.25) is 25.0 Å². The Bertz CT molecular complexity index is 878. The van der Waals surface area contributed by atoms with E-state index in [0.29, 0.717) is 0 Å². The van der Waals surface area contributed by atoms with Crippen LogP contribution < -0.4 is 0 Å². The van der Waals surface area contributed by atoms with Crippen molar-refractivity contribution in [1.82, 2.24) is 0 Å². The van der Waals surface area contributed by atoms with E-state index in [1.807, 2.05) is 65.6 Å². The second-order valence-corrected chi connectivity index (χ2v) is 13.0. The lowest BCUT2D eigenvalue weighted by molar-refractivity contribution is -0.106. The first kappa shape index (κ1) is 36.1. The van der Waals surface area contributed by atoms with Gasteiger partial charge in [-0.1, -0.05) is 37.9 Å². The molecule has 0 N–H and O–H groups in total. The van der Waals surface area contributed by atoms with Gasteiger partial charge in [0.05, 0.1) is 0 Å². The second kappa shape index (κ2) is 22.0. The van der Waals surface area contributed by atoms with Crippen LogP contribution in [0.15, 0.2) is 78.2 Å². The molecule has 6 nitrogen and oxygen atoms in total. The molecule has 37 heavy (non-hydrogen) atoms. The van der Waals surface area contributed by atoms with E-state index >= 15 is 0 Å². The summed E-state index contributed by atoms with van der Waals surface area (Å²) in [7, 11) is 0. The third-order valence-corrected chi connectivity index (χ3v) is 6.50. The minimum absolute atomic E-state index is 0.750. The number of carbonyl (C=O) groups is 1. The first-order valence-corrected chi connectivity index (χ1v) is 15.3. The highest BCUT2D eigenvalue weighted by Gasteiger charge is 2.01. The molecule has 0 atom stereocenters. The summed E-state index contributed by atoms with van der Waals surface area (Å²) in [6.45, 7) is 11.6. The molecule has 0 radical (unpaired) electrons. The van der Waals surface area contributed by atoms with Gasteiger partial charge in [0.1, 0.15) is 6.29 Å². The molecule has 0 aliphatic carbocycles. The van der Waals surface area contributed by atoms with Crippen molar-refractivity contribution in [3.8, 4) is 0 Å². The Morgan fingerprint density at radius 3 is 1.08 bits per heavy atom. The van der Waals surface area contributed by atoms with Crippen LogP contribution in [0.5, 0.6) is 0 Å². The molecule has 0 aromatic carbocycles. The molecule has 0 aromatic heterocycles. The van der Waals surface area contributed by atoms with E-state index in [-0.39, 0.29) is 0 Å². The molecule has 5 heterocycles. The second-order valence-electron chi connectivity index (χ2n) is 8.16. The predicted molar refractivity (Wildman–Crippen MR) is 188 cm³/mol. The van der Waals surface area contributed by atoms with Gasteiger partial charge in [-0.2, -0.15) is 0 Å². The van der Waals surface area contributed by atoms with Crippen molar-refractivity contribution in [2.24, 2.45) is 25.0 Å². The molecule has 202 valence electrons. The van der Waals surface area contributed by atoms with E-state index < -0.39 is 0 Å². The van der Waals surface area contributed by atoms with E-state index in [1.165, 1.54) is 51.6 Å². The van der Waals surface area contributed by atoms with Gasteiger partial charge in [0.25, 0.3) is 0 Å². The van der Waals surface area contributed by atoms with E-state index in [1.54, 1.807) is 0 Å². The molecule has 0 aromatic rings. The van der Waals surface area contributed by atoms with Crippen LogP contribution in [-0.4, -0.2) is 34.8 Å². The zero-order chi connectivity index (χ0) is 28.2. The van der Waals surface area contributed by atoms with Crippen molar-refractivity contribution in [3.05, 3.63) is 53.2 Å². The number of aliphatic imine (C=N–C) groups is 5. The van der Waals surface area contributed by atoms with Crippen LogP contribution in [-0.2, 0) is 4.79 Å². The molecule has 0 bridgehead atoms. The van der Waals surface area contributed by atoms with Crippen molar-refractivity contribution in [2.75, 3.05) is 0 Å². The van der Waals surface area contributed by atoms with Gasteiger partial charge >= 0.3 is 0 Å². The van der Waals surface area contributed by atoms with Gasteiger partial charge in [0, 0.05) is 108 Å². The number of allylic oxidation sites excluding steroid dienone is 5. The number of aldehydes is 1. The summed E-state index contributed by atoms with van der Waals surface area (Å²) in [6, 6.07) is 0. The van der Waals surface area contributed by atoms with Gasteiger partial charge < -0.3 is 4.79 Å². The average molecular weight is 859 g/mol.